The molecule has 1 aliphatic rings. The molecule has 0 saturated carbocycles. The first-order valence-corrected chi connectivity index (χ1v) is 22.8. The molecule has 12 nitrogen and oxygen atoms in total. The summed E-state index contributed by atoms with van der Waals surface area (Å²) in [7, 11) is -6.72. The molecule has 2 aromatic carbocycles. The number of nitrogens with zero attached hydrogens (tertiary/aromatic N) is 3. The number of nitro benzene ring substituents is 1. The van der Waals surface area contributed by atoms with Crippen molar-refractivity contribution in [1.29, 1.82) is 0 Å². The molecule has 0 aliphatic carbocycles. The van der Waals surface area contributed by atoms with Crippen LogP contribution in [-0.4, -0.2) is 43.4 Å². The van der Waals surface area contributed by atoms with Gasteiger partial charge in [-0.3, -0.25) is 14.7 Å². The number of para-hydroxylation sites is 1. The van der Waals surface area contributed by atoms with Crippen molar-refractivity contribution in [2.75, 3.05) is 0 Å². The van der Waals surface area contributed by atoms with Crippen LogP contribution < -0.4 is 9.87 Å². The molecule has 14 heteroatoms. The molecule has 1 aliphatic heterocycles. The largest absolute Gasteiger partial charge is 0.411 e. The molecule has 1 fully saturated rings. The van der Waals surface area contributed by atoms with E-state index in [1.54, 1.807) is 18.2 Å². The highest BCUT2D eigenvalue weighted by molar-refractivity contribution is 7.87. The van der Waals surface area contributed by atoms with Crippen molar-refractivity contribution in [3.63, 3.8) is 0 Å². The fraction of sp³-hybridized carbons (Fsp3) is 0.590. The second-order valence-corrected chi connectivity index (χ2v) is 22.6. The minimum absolute atomic E-state index is 0.0371. The molecule has 0 spiro atoms. The van der Waals surface area contributed by atoms with Crippen LogP contribution in [0.5, 0.6) is 5.88 Å². The molecule has 1 aromatic heterocycles. The summed E-state index contributed by atoms with van der Waals surface area (Å²) in [5.41, 5.74) is 1.86. The van der Waals surface area contributed by atoms with Crippen molar-refractivity contribution in [1.82, 2.24) is 9.55 Å². The van der Waals surface area contributed by atoms with Gasteiger partial charge in [-0.2, -0.15) is 13.4 Å². The number of ether oxygens (including phenoxy) is 2. The topological polar surface area (TPSA) is 149 Å². The first-order valence-electron chi connectivity index (χ1n) is 18.5. The van der Waals surface area contributed by atoms with E-state index in [0.29, 0.717) is 29.5 Å². The summed E-state index contributed by atoms with van der Waals surface area (Å²) in [5.74, 6) is -0.571. The van der Waals surface area contributed by atoms with Crippen molar-refractivity contribution in [3.8, 4) is 5.88 Å². The third-order valence-corrected chi connectivity index (χ3v) is 16.2. The minimum Gasteiger partial charge on any atom is -0.411 e. The summed E-state index contributed by atoms with van der Waals surface area (Å²) in [6, 6.07) is 10.0. The molecule has 4 rings (SSSR count). The zero-order valence-electron chi connectivity index (χ0n) is 33.3. The number of hydrogen-bond donors (Lipinski definition) is 0. The molecule has 0 radical (unpaired) electrons. The van der Waals surface area contributed by atoms with Crippen LogP contribution >= 0.6 is 0 Å². The van der Waals surface area contributed by atoms with E-state index in [1.165, 1.54) is 16.8 Å². The summed E-state index contributed by atoms with van der Waals surface area (Å²) in [4.78, 5) is 29.2. The standard InChI is InChI=1S/C39H57N3O9SSi/c1-13-33-34(51-53(11,12)39(8,9)10)20-35(49-33)41-21-29(23-48-22-27-16-14-15-17-32(27)42(44)45)37(40-38(41)43)50-52(46,47)36-30(25(4)5)18-28(24(2)3)19-31(36)26(6)7/h14-19,21,24-26,33-35H,13,20,22-23H2,1-12H3/t33-,34?,35-/m1/s1. The van der Waals surface area contributed by atoms with E-state index < -0.39 is 41.2 Å². The Labute approximate surface area is 315 Å². The van der Waals surface area contributed by atoms with Gasteiger partial charge in [0, 0.05) is 18.7 Å². The highest BCUT2D eigenvalue weighted by atomic mass is 32.2. The molecule has 0 N–H and O–H groups in total. The van der Waals surface area contributed by atoms with Gasteiger partial charge >= 0.3 is 15.8 Å². The Balaban J connectivity index is 1.79. The van der Waals surface area contributed by atoms with Gasteiger partial charge in [-0.15, -0.1) is 0 Å². The Bertz CT molecular complexity index is 1920. The molecule has 53 heavy (non-hydrogen) atoms. The Morgan fingerprint density at radius 3 is 2.11 bits per heavy atom. The van der Waals surface area contributed by atoms with Crippen LogP contribution in [0.2, 0.25) is 18.1 Å². The zero-order valence-corrected chi connectivity index (χ0v) is 35.1. The smallest absolute Gasteiger partial charge is 0.353 e. The molecule has 3 aromatic rings. The second kappa shape index (κ2) is 16.5. The van der Waals surface area contributed by atoms with Gasteiger partial charge in [-0.25, -0.2) is 4.79 Å². The molecule has 1 unspecified atom stereocenters. The summed E-state index contributed by atoms with van der Waals surface area (Å²) in [6.45, 7) is 24.2. The van der Waals surface area contributed by atoms with Gasteiger partial charge < -0.3 is 18.1 Å². The fourth-order valence-corrected chi connectivity index (χ4v) is 9.15. The van der Waals surface area contributed by atoms with Crippen molar-refractivity contribution in [2.45, 2.75) is 155 Å². The van der Waals surface area contributed by atoms with Gasteiger partial charge in [0.15, 0.2) is 8.32 Å². The predicted molar refractivity (Wildman–Crippen MR) is 207 cm³/mol. The number of hydrogen-bond acceptors (Lipinski definition) is 10. The van der Waals surface area contributed by atoms with E-state index in [1.807, 2.05) is 46.8 Å². The van der Waals surface area contributed by atoms with Gasteiger partial charge in [0.25, 0.3) is 5.69 Å². The Hall–Kier alpha value is -3.43. The lowest BCUT2D eigenvalue weighted by Crippen LogP contribution is -2.45. The maximum absolute atomic E-state index is 14.4. The van der Waals surface area contributed by atoms with Crippen molar-refractivity contribution in [2.24, 2.45) is 0 Å². The van der Waals surface area contributed by atoms with E-state index in [2.05, 4.69) is 52.7 Å². The summed E-state index contributed by atoms with van der Waals surface area (Å²) >= 11 is 0. The highest BCUT2D eigenvalue weighted by Gasteiger charge is 2.45. The van der Waals surface area contributed by atoms with E-state index in [-0.39, 0.29) is 64.4 Å². The lowest BCUT2D eigenvalue weighted by Gasteiger charge is -2.39. The third-order valence-electron chi connectivity index (χ3n) is 10.4. The molecule has 292 valence electrons. The maximum atomic E-state index is 14.4. The Morgan fingerprint density at radius 1 is 1.00 bits per heavy atom. The van der Waals surface area contributed by atoms with E-state index in [4.69, 9.17) is 18.1 Å². The minimum atomic E-state index is -4.53. The molecule has 3 atom stereocenters. The Kier molecular flexibility index (Phi) is 13.2. The van der Waals surface area contributed by atoms with Crippen LogP contribution in [0.15, 0.2) is 52.3 Å². The van der Waals surface area contributed by atoms with E-state index >= 15 is 0 Å². The summed E-state index contributed by atoms with van der Waals surface area (Å²) < 4.78 is 55.0. The maximum Gasteiger partial charge on any atom is 0.353 e. The average Bonchev–Trinajstić information content (AvgIpc) is 3.45. The van der Waals surface area contributed by atoms with Gasteiger partial charge in [0.1, 0.15) is 11.1 Å². The Morgan fingerprint density at radius 2 is 1.58 bits per heavy atom. The monoisotopic (exact) mass is 771 g/mol. The lowest BCUT2D eigenvalue weighted by molar-refractivity contribution is -0.386. The van der Waals surface area contributed by atoms with Gasteiger partial charge in [-0.1, -0.05) is 93.5 Å². The molecular weight excluding hydrogens is 715 g/mol. The van der Waals surface area contributed by atoms with Crippen molar-refractivity contribution < 1.29 is 31.4 Å². The van der Waals surface area contributed by atoms with Crippen molar-refractivity contribution >= 4 is 24.1 Å². The zero-order chi connectivity index (χ0) is 39.6. The van der Waals surface area contributed by atoms with Crippen LogP contribution in [0.25, 0.3) is 0 Å². The summed E-state index contributed by atoms with van der Waals surface area (Å²) in [6.07, 6.45) is 1.24. The molecule has 0 bridgehead atoms. The molecular formula is C39H57N3O9SSi. The average molecular weight is 772 g/mol. The number of rotatable bonds is 15. The van der Waals surface area contributed by atoms with Gasteiger partial charge in [-0.05, 0) is 65.1 Å². The third kappa shape index (κ3) is 9.63. The van der Waals surface area contributed by atoms with Gasteiger partial charge in [0.2, 0.25) is 5.88 Å². The van der Waals surface area contributed by atoms with Crippen LogP contribution in [0.4, 0.5) is 5.69 Å². The highest BCUT2D eigenvalue weighted by Crippen LogP contribution is 2.42. The quantitative estimate of drug-likeness (QED) is 0.0634. The first-order chi connectivity index (χ1) is 24.6. The first kappa shape index (κ1) is 42.3. The normalized spacial score (nSPS) is 18.4. The van der Waals surface area contributed by atoms with E-state index in [0.717, 1.165) is 5.56 Å². The molecule has 2 heterocycles. The van der Waals surface area contributed by atoms with E-state index in [9.17, 15) is 23.3 Å². The van der Waals surface area contributed by atoms with Crippen LogP contribution in [-0.2, 0) is 37.2 Å². The van der Waals surface area contributed by atoms with Crippen LogP contribution in [0.3, 0.4) is 0 Å². The molecule has 1 saturated heterocycles. The van der Waals surface area contributed by atoms with Crippen LogP contribution in [0.1, 0.15) is 134 Å². The lowest BCUT2D eigenvalue weighted by atomic mass is 9.89. The SMILES string of the molecule is CC[C@H]1O[C@@H](n2cc(COCc3ccccc3[N+](=O)[O-])c(OS(=O)(=O)c3c(C(C)C)cc(C(C)C)cc3C(C)C)nc2=O)CC1O[Si](C)(C)C(C)(C)C. The predicted octanol–water partition coefficient (Wildman–Crippen LogP) is 9.09. The van der Waals surface area contributed by atoms with Crippen molar-refractivity contribution in [3.05, 3.63) is 91.0 Å². The summed E-state index contributed by atoms with van der Waals surface area (Å²) in [5, 5.41) is 11.6. The number of nitro groups is 1. The number of aromatic nitrogens is 2. The van der Waals surface area contributed by atoms with Crippen LogP contribution in [0, 0.1) is 10.1 Å². The second-order valence-electron chi connectivity index (χ2n) is 16.4. The molecule has 0 amide bonds. The fourth-order valence-electron chi connectivity index (χ4n) is 6.19. The van der Waals surface area contributed by atoms with Gasteiger partial charge in [0.05, 0.1) is 41.5 Å². The number of benzene rings is 2.